The number of aromatic hydroxyl groups is 1. The van der Waals surface area contributed by atoms with E-state index in [0.717, 1.165) is 11.4 Å². The second-order valence-corrected chi connectivity index (χ2v) is 5.78. The summed E-state index contributed by atoms with van der Waals surface area (Å²) in [6, 6.07) is 10.5. The molecule has 0 bridgehead atoms. The van der Waals surface area contributed by atoms with Gasteiger partial charge in [-0.15, -0.1) is 0 Å². The van der Waals surface area contributed by atoms with Crippen LogP contribution in [0.1, 0.15) is 5.56 Å². The Balaban J connectivity index is 1.86. The number of phenolic OH excluding ortho intramolecular Hbond substituents is 1. The van der Waals surface area contributed by atoms with E-state index in [-0.39, 0.29) is 18.2 Å². The minimum atomic E-state index is -0.295. The van der Waals surface area contributed by atoms with Gasteiger partial charge in [-0.3, -0.25) is 4.79 Å². The molecule has 0 fully saturated rings. The summed E-state index contributed by atoms with van der Waals surface area (Å²) in [5.41, 5.74) is 3.88. The molecule has 0 heterocycles. The molecule has 2 aromatic rings. The fourth-order valence-electron chi connectivity index (χ4n) is 1.93. The molecule has 0 spiro atoms. The Morgan fingerprint density at radius 1 is 1.24 bits per heavy atom. The Bertz CT molecular complexity index is 763. The number of rotatable bonds is 7. The first-order valence-corrected chi connectivity index (χ1v) is 8.09. The molecular formula is C17H18BrN3O4. The first-order chi connectivity index (χ1) is 12.0. The number of hydrazone groups is 1. The van der Waals surface area contributed by atoms with E-state index >= 15 is 0 Å². The quantitative estimate of drug-likeness (QED) is 0.484. The molecule has 0 saturated heterocycles. The molecular weight excluding hydrogens is 390 g/mol. The van der Waals surface area contributed by atoms with Crippen LogP contribution < -0.4 is 20.2 Å². The third kappa shape index (κ3) is 5.39. The average molecular weight is 408 g/mol. The van der Waals surface area contributed by atoms with E-state index in [1.807, 2.05) is 12.1 Å². The highest BCUT2D eigenvalue weighted by molar-refractivity contribution is 9.10. The second-order valence-electron chi connectivity index (χ2n) is 4.93. The van der Waals surface area contributed by atoms with Crippen LogP contribution in [-0.2, 0) is 4.79 Å². The number of hydrogen-bond acceptors (Lipinski definition) is 6. The van der Waals surface area contributed by atoms with Gasteiger partial charge in [0.25, 0.3) is 5.91 Å². The number of ether oxygens (including phenoxy) is 2. The van der Waals surface area contributed by atoms with Gasteiger partial charge in [-0.25, -0.2) is 5.43 Å². The summed E-state index contributed by atoms with van der Waals surface area (Å²) in [7, 11) is 3.05. The van der Waals surface area contributed by atoms with E-state index in [2.05, 4.69) is 31.8 Å². The van der Waals surface area contributed by atoms with Gasteiger partial charge in [0, 0.05) is 5.69 Å². The maximum Gasteiger partial charge on any atom is 0.259 e. The number of phenols is 1. The molecule has 1 amide bonds. The molecule has 2 rings (SSSR count). The van der Waals surface area contributed by atoms with Crippen LogP contribution in [0, 0.1) is 0 Å². The largest absolute Gasteiger partial charge is 0.503 e. The lowest BCUT2D eigenvalue weighted by atomic mass is 10.2. The van der Waals surface area contributed by atoms with Crippen molar-refractivity contribution in [2.75, 3.05) is 26.1 Å². The zero-order valence-electron chi connectivity index (χ0n) is 13.7. The average Bonchev–Trinajstić information content (AvgIpc) is 2.63. The number of nitrogens with one attached hydrogen (secondary N) is 2. The Hall–Kier alpha value is -2.74. The van der Waals surface area contributed by atoms with Crippen molar-refractivity contribution in [3.63, 3.8) is 0 Å². The molecule has 3 N–H and O–H groups in total. The van der Waals surface area contributed by atoms with E-state index in [9.17, 15) is 9.90 Å². The van der Waals surface area contributed by atoms with Crippen molar-refractivity contribution in [1.82, 2.24) is 5.43 Å². The first kappa shape index (κ1) is 18.6. The Morgan fingerprint density at radius 3 is 2.60 bits per heavy atom. The van der Waals surface area contributed by atoms with E-state index in [1.165, 1.54) is 13.3 Å². The fourth-order valence-corrected chi connectivity index (χ4v) is 2.39. The Labute approximate surface area is 153 Å². The Morgan fingerprint density at radius 2 is 1.96 bits per heavy atom. The maximum atomic E-state index is 11.8. The topological polar surface area (TPSA) is 92.2 Å². The number of methoxy groups -OCH3 is 2. The smallest absolute Gasteiger partial charge is 0.259 e. The van der Waals surface area contributed by atoms with Crippen molar-refractivity contribution in [2.45, 2.75) is 0 Å². The minimum absolute atomic E-state index is 0.00683. The van der Waals surface area contributed by atoms with Crippen LogP contribution in [0.25, 0.3) is 0 Å². The van der Waals surface area contributed by atoms with Crippen molar-refractivity contribution in [3.8, 4) is 17.2 Å². The lowest BCUT2D eigenvalue weighted by molar-refractivity contribution is -0.119. The van der Waals surface area contributed by atoms with E-state index in [0.29, 0.717) is 15.8 Å². The standard InChI is InChI=1S/C17H18BrN3O4/c1-24-13-5-3-12(4-6-13)19-10-16(22)21-20-9-11-7-14(18)17(23)15(8-11)25-2/h3-9,19,23H,10H2,1-2H3,(H,21,22)/b20-9+. The van der Waals surface area contributed by atoms with Gasteiger partial charge in [-0.05, 0) is 57.9 Å². The number of halogens is 1. The third-order valence-electron chi connectivity index (χ3n) is 3.22. The van der Waals surface area contributed by atoms with Crippen LogP contribution in [0.5, 0.6) is 17.2 Å². The van der Waals surface area contributed by atoms with Crippen LogP contribution in [0.15, 0.2) is 46.0 Å². The maximum absolute atomic E-state index is 11.8. The molecule has 0 unspecified atom stereocenters. The summed E-state index contributed by atoms with van der Waals surface area (Å²) >= 11 is 3.22. The van der Waals surface area contributed by atoms with E-state index in [4.69, 9.17) is 9.47 Å². The second kappa shape index (κ2) is 8.93. The van der Waals surface area contributed by atoms with Crippen LogP contribution in [0.3, 0.4) is 0 Å². The molecule has 0 aliphatic carbocycles. The first-order valence-electron chi connectivity index (χ1n) is 7.30. The zero-order chi connectivity index (χ0) is 18.2. The van der Waals surface area contributed by atoms with Gasteiger partial charge >= 0.3 is 0 Å². The number of nitrogens with zero attached hydrogens (tertiary/aromatic N) is 1. The van der Waals surface area contributed by atoms with Crippen LogP contribution in [0.2, 0.25) is 0 Å². The SMILES string of the molecule is COc1ccc(NCC(=O)N/N=C/c2cc(Br)c(O)c(OC)c2)cc1. The van der Waals surface area contributed by atoms with Crippen LogP contribution in [-0.4, -0.2) is 38.0 Å². The molecule has 0 aromatic heterocycles. The van der Waals surface area contributed by atoms with Gasteiger partial charge in [0.05, 0.1) is 31.5 Å². The van der Waals surface area contributed by atoms with Crippen LogP contribution >= 0.6 is 15.9 Å². The van der Waals surface area contributed by atoms with Gasteiger partial charge < -0.3 is 19.9 Å². The van der Waals surface area contributed by atoms with Gasteiger partial charge in [0.2, 0.25) is 0 Å². The predicted molar refractivity (Wildman–Crippen MR) is 99.6 cm³/mol. The summed E-state index contributed by atoms with van der Waals surface area (Å²) in [4.78, 5) is 11.8. The summed E-state index contributed by atoms with van der Waals surface area (Å²) in [5, 5.41) is 16.6. The van der Waals surface area contributed by atoms with Crippen molar-refractivity contribution in [1.29, 1.82) is 0 Å². The van der Waals surface area contributed by atoms with Crippen molar-refractivity contribution in [2.24, 2.45) is 5.10 Å². The third-order valence-corrected chi connectivity index (χ3v) is 3.82. The van der Waals surface area contributed by atoms with E-state index < -0.39 is 0 Å². The Kier molecular flexibility index (Phi) is 6.64. The lowest BCUT2D eigenvalue weighted by Gasteiger charge is -2.07. The summed E-state index contributed by atoms with van der Waals surface area (Å²) in [6.45, 7) is 0.0757. The molecule has 2 aromatic carbocycles. The van der Waals surface area contributed by atoms with Crippen molar-refractivity contribution < 1.29 is 19.4 Å². The van der Waals surface area contributed by atoms with Crippen molar-refractivity contribution in [3.05, 3.63) is 46.4 Å². The van der Waals surface area contributed by atoms with Gasteiger partial charge in [0.1, 0.15) is 5.75 Å². The van der Waals surface area contributed by atoms with Gasteiger partial charge in [-0.2, -0.15) is 5.10 Å². The lowest BCUT2D eigenvalue weighted by Crippen LogP contribution is -2.25. The molecule has 25 heavy (non-hydrogen) atoms. The zero-order valence-corrected chi connectivity index (χ0v) is 15.3. The summed E-state index contributed by atoms with van der Waals surface area (Å²) < 4.78 is 10.6. The molecule has 7 nitrogen and oxygen atoms in total. The molecule has 8 heteroatoms. The van der Waals surface area contributed by atoms with Gasteiger partial charge in [0.15, 0.2) is 11.5 Å². The molecule has 0 saturated carbocycles. The molecule has 132 valence electrons. The highest BCUT2D eigenvalue weighted by atomic mass is 79.9. The number of hydrogen-bond donors (Lipinski definition) is 3. The number of benzene rings is 2. The predicted octanol–water partition coefficient (Wildman–Crippen LogP) is 2.73. The summed E-state index contributed by atoms with van der Waals surface area (Å²) in [6.07, 6.45) is 1.46. The number of carbonyl (C=O) groups excluding carboxylic acids is 1. The molecule has 0 radical (unpaired) electrons. The normalized spacial score (nSPS) is 10.5. The number of anilines is 1. The highest BCUT2D eigenvalue weighted by Gasteiger charge is 2.07. The highest BCUT2D eigenvalue weighted by Crippen LogP contribution is 2.34. The summed E-state index contributed by atoms with van der Waals surface area (Å²) in [5.74, 6) is 0.766. The molecule has 0 aliphatic heterocycles. The monoisotopic (exact) mass is 407 g/mol. The number of carbonyl (C=O) groups is 1. The molecule has 0 aliphatic rings. The van der Waals surface area contributed by atoms with Gasteiger partial charge in [-0.1, -0.05) is 0 Å². The fraction of sp³-hybridized carbons (Fsp3) is 0.176. The van der Waals surface area contributed by atoms with Crippen molar-refractivity contribution >= 4 is 33.7 Å². The van der Waals surface area contributed by atoms with E-state index in [1.54, 1.807) is 31.4 Å². The molecule has 0 atom stereocenters. The number of amides is 1. The van der Waals surface area contributed by atoms with Crippen LogP contribution in [0.4, 0.5) is 5.69 Å². The minimum Gasteiger partial charge on any atom is -0.503 e.